The molecule has 1 fully saturated rings. The summed E-state index contributed by atoms with van der Waals surface area (Å²) in [4.78, 5) is 25.8. The fraction of sp³-hybridized carbons (Fsp3) is 0.500. The minimum absolute atomic E-state index is 0.0551. The molecule has 1 aromatic rings. The number of benzene rings is 1. The third-order valence-corrected chi connectivity index (χ3v) is 4.43. The van der Waals surface area contributed by atoms with Gasteiger partial charge in [0.1, 0.15) is 0 Å². The molecule has 5 heteroatoms. The van der Waals surface area contributed by atoms with Crippen molar-refractivity contribution in [1.29, 1.82) is 0 Å². The van der Waals surface area contributed by atoms with Gasteiger partial charge in [-0.2, -0.15) is 0 Å². The first-order valence-corrected chi connectivity index (χ1v) is 7.34. The summed E-state index contributed by atoms with van der Waals surface area (Å²) >= 11 is 0. The minimum atomic E-state index is -1.09. The lowest BCUT2D eigenvalue weighted by atomic mass is 10.0. The SMILES string of the molecule is C[C@]1(C(N)=O)CN(C(=O)c2ccc3c(c2)CCC3)CCO1. The van der Waals surface area contributed by atoms with E-state index in [0.717, 1.165) is 19.3 Å². The number of morpholine rings is 1. The van der Waals surface area contributed by atoms with Gasteiger partial charge < -0.3 is 15.4 Å². The molecule has 0 unspecified atom stereocenters. The Morgan fingerprint density at radius 1 is 1.29 bits per heavy atom. The summed E-state index contributed by atoms with van der Waals surface area (Å²) in [5.41, 5.74) is 7.58. The van der Waals surface area contributed by atoms with Crippen molar-refractivity contribution in [3.05, 3.63) is 34.9 Å². The number of carbonyl (C=O) groups excluding carboxylic acids is 2. The summed E-state index contributed by atoms with van der Waals surface area (Å²) in [6.45, 7) is 2.66. The lowest BCUT2D eigenvalue weighted by Crippen LogP contribution is -2.58. The van der Waals surface area contributed by atoms with E-state index < -0.39 is 11.5 Å². The summed E-state index contributed by atoms with van der Waals surface area (Å²) < 4.78 is 5.45. The van der Waals surface area contributed by atoms with Gasteiger partial charge in [-0.25, -0.2) is 0 Å². The van der Waals surface area contributed by atoms with Gasteiger partial charge in [-0.1, -0.05) is 6.07 Å². The fourth-order valence-corrected chi connectivity index (χ4v) is 3.08. The predicted octanol–water partition coefficient (Wildman–Crippen LogP) is 0.892. The number of ether oxygens (including phenoxy) is 1. The maximum atomic E-state index is 12.6. The molecule has 21 heavy (non-hydrogen) atoms. The van der Waals surface area contributed by atoms with E-state index in [1.54, 1.807) is 11.8 Å². The normalized spacial score (nSPS) is 24.7. The average Bonchev–Trinajstić information content (AvgIpc) is 2.93. The molecule has 5 nitrogen and oxygen atoms in total. The predicted molar refractivity (Wildman–Crippen MR) is 77.9 cm³/mol. The van der Waals surface area contributed by atoms with Crippen LogP contribution in [0.4, 0.5) is 0 Å². The molecule has 0 saturated carbocycles. The van der Waals surface area contributed by atoms with Crippen LogP contribution in [0.3, 0.4) is 0 Å². The number of hydrogen-bond donors (Lipinski definition) is 1. The van der Waals surface area contributed by atoms with Crippen molar-refractivity contribution in [2.24, 2.45) is 5.73 Å². The number of carbonyl (C=O) groups is 2. The van der Waals surface area contributed by atoms with Gasteiger partial charge in [-0.3, -0.25) is 9.59 Å². The molecule has 0 spiro atoms. The van der Waals surface area contributed by atoms with Crippen molar-refractivity contribution in [3.63, 3.8) is 0 Å². The molecule has 1 heterocycles. The van der Waals surface area contributed by atoms with Crippen molar-refractivity contribution >= 4 is 11.8 Å². The van der Waals surface area contributed by atoms with Crippen molar-refractivity contribution in [2.45, 2.75) is 31.8 Å². The Bertz CT molecular complexity index is 599. The van der Waals surface area contributed by atoms with Gasteiger partial charge in [0.05, 0.1) is 13.2 Å². The molecule has 0 aromatic heterocycles. The fourth-order valence-electron chi connectivity index (χ4n) is 3.08. The van der Waals surface area contributed by atoms with Gasteiger partial charge in [0.25, 0.3) is 11.8 Å². The van der Waals surface area contributed by atoms with Gasteiger partial charge in [-0.15, -0.1) is 0 Å². The standard InChI is InChI=1S/C16H20N2O3/c1-16(15(17)20)10-18(7-8-21-16)14(19)13-6-5-11-3-2-4-12(11)9-13/h5-6,9H,2-4,7-8,10H2,1H3,(H2,17,20)/t16-/m1/s1. The van der Waals surface area contributed by atoms with E-state index in [-0.39, 0.29) is 12.5 Å². The summed E-state index contributed by atoms with van der Waals surface area (Å²) in [5, 5.41) is 0. The molecule has 1 aliphatic carbocycles. The van der Waals surface area contributed by atoms with Crippen LogP contribution < -0.4 is 5.73 Å². The number of primary amides is 1. The van der Waals surface area contributed by atoms with Crippen molar-refractivity contribution < 1.29 is 14.3 Å². The second kappa shape index (κ2) is 5.15. The molecule has 0 bridgehead atoms. The number of nitrogens with zero attached hydrogens (tertiary/aromatic N) is 1. The highest BCUT2D eigenvalue weighted by molar-refractivity contribution is 5.95. The molecule has 2 N–H and O–H groups in total. The highest BCUT2D eigenvalue weighted by Gasteiger charge is 2.39. The Balaban J connectivity index is 1.80. The highest BCUT2D eigenvalue weighted by atomic mass is 16.5. The molecule has 112 valence electrons. The monoisotopic (exact) mass is 288 g/mol. The third-order valence-electron chi connectivity index (χ3n) is 4.43. The number of rotatable bonds is 2. The Hall–Kier alpha value is -1.88. The number of fused-ring (bicyclic) bond motifs is 1. The number of nitrogens with two attached hydrogens (primary N) is 1. The maximum Gasteiger partial charge on any atom is 0.254 e. The van der Waals surface area contributed by atoms with Gasteiger partial charge in [0, 0.05) is 12.1 Å². The van der Waals surface area contributed by atoms with Crippen LogP contribution in [-0.2, 0) is 22.4 Å². The highest BCUT2D eigenvalue weighted by Crippen LogP contribution is 2.24. The number of hydrogen-bond acceptors (Lipinski definition) is 3. The quantitative estimate of drug-likeness (QED) is 0.878. The first-order chi connectivity index (χ1) is 9.99. The Labute approximate surface area is 124 Å². The molecule has 1 atom stereocenters. The number of aryl methyl sites for hydroxylation is 2. The van der Waals surface area contributed by atoms with E-state index in [2.05, 4.69) is 0 Å². The van der Waals surface area contributed by atoms with E-state index in [4.69, 9.17) is 10.5 Å². The zero-order valence-electron chi connectivity index (χ0n) is 12.2. The van der Waals surface area contributed by atoms with Crippen LogP contribution in [0.25, 0.3) is 0 Å². The lowest BCUT2D eigenvalue weighted by Gasteiger charge is -2.38. The zero-order valence-corrected chi connectivity index (χ0v) is 12.2. The molecular formula is C16H20N2O3. The van der Waals surface area contributed by atoms with Crippen LogP contribution in [0.2, 0.25) is 0 Å². The summed E-state index contributed by atoms with van der Waals surface area (Å²) in [6.07, 6.45) is 3.30. The first-order valence-electron chi connectivity index (χ1n) is 7.34. The molecule has 2 aliphatic rings. The van der Waals surface area contributed by atoms with E-state index in [1.807, 2.05) is 18.2 Å². The van der Waals surface area contributed by atoms with E-state index in [1.165, 1.54) is 11.1 Å². The first kappa shape index (κ1) is 14.1. The molecule has 1 aliphatic heterocycles. The van der Waals surface area contributed by atoms with Crippen LogP contribution in [-0.4, -0.2) is 42.0 Å². The third kappa shape index (κ3) is 2.53. The molecule has 3 rings (SSSR count). The summed E-state index contributed by atoms with van der Waals surface area (Å²) in [7, 11) is 0. The Kier molecular flexibility index (Phi) is 3.45. The molecule has 2 amide bonds. The van der Waals surface area contributed by atoms with Crippen LogP contribution in [0, 0.1) is 0 Å². The number of amides is 2. The van der Waals surface area contributed by atoms with E-state index >= 15 is 0 Å². The van der Waals surface area contributed by atoms with E-state index in [0.29, 0.717) is 18.7 Å². The Morgan fingerprint density at radius 3 is 2.81 bits per heavy atom. The lowest BCUT2D eigenvalue weighted by molar-refractivity contribution is -0.150. The van der Waals surface area contributed by atoms with Crippen molar-refractivity contribution in [2.75, 3.05) is 19.7 Å². The maximum absolute atomic E-state index is 12.6. The smallest absolute Gasteiger partial charge is 0.254 e. The molecular weight excluding hydrogens is 268 g/mol. The van der Waals surface area contributed by atoms with Crippen LogP contribution >= 0.6 is 0 Å². The molecule has 0 radical (unpaired) electrons. The zero-order chi connectivity index (χ0) is 15.0. The largest absolute Gasteiger partial charge is 0.367 e. The van der Waals surface area contributed by atoms with Crippen LogP contribution in [0.15, 0.2) is 18.2 Å². The van der Waals surface area contributed by atoms with Gasteiger partial charge in [0.15, 0.2) is 5.60 Å². The van der Waals surface area contributed by atoms with Gasteiger partial charge in [0.2, 0.25) is 0 Å². The van der Waals surface area contributed by atoms with E-state index in [9.17, 15) is 9.59 Å². The van der Waals surface area contributed by atoms with Crippen LogP contribution in [0.1, 0.15) is 34.8 Å². The van der Waals surface area contributed by atoms with Crippen molar-refractivity contribution in [3.8, 4) is 0 Å². The molecule has 1 aromatic carbocycles. The topological polar surface area (TPSA) is 72.6 Å². The van der Waals surface area contributed by atoms with Gasteiger partial charge in [-0.05, 0) is 49.4 Å². The van der Waals surface area contributed by atoms with Crippen molar-refractivity contribution in [1.82, 2.24) is 4.90 Å². The summed E-state index contributed by atoms with van der Waals surface area (Å²) in [6, 6.07) is 5.91. The Morgan fingerprint density at radius 2 is 2.05 bits per heavy atom. The van der Waals surface area contributed by atoms with Crippen LogP contribution in [0.5, 0.6) is 0 Å². The molecule has 1 saturated heterocycles. The van der Waals surface area contributed by atoms with Gasteiger partial charge >= 0.3 is 0 Å². The minimum Gasteiger partial charge on any atom is -0.367 e. The summed E-state index contributed by atoms with van der Waals surface area (Å²) in [5.74, 6) is -0.588. The second-order valence-corrected chi connectivity index (χ2v) is 6.01. The average molecular weight is 288 g/mol. The second-order valence-electron chi connectivity index (χ2n) is 6.01.